The molecule has 0 saturated carbocycles. The molecule has 0 N–H and O–H groups in total. The van der Waals surface area contributed by atoms with E-state index in [2.05, 4.69) is 31.5 Å². The highest BCUT2D eigenvalue weighted by molar-refractivity contribution is 9.11. The second kappa shape index (κ2) is 6.85. The molecule has 0 saturated heterocycles. The van der Waals surface area contributed by atoms with E-state index in [1.807, 2.05) is 48.5 Å². The third kappa shape index (κ3) is 3.26. The van der Waals surface area contributed by atoms with Gasteiger partial charge in [-0.1, -0.05) is 76.2 Å². The molecule has 1 unspecified atom stereocenters. The van der Waals surface area contributed by atoms with Crippen molar-refractivity contribution < 1.29 is 4.79 Å². The zero-order valence-electron chi connectivity index (χ0n) is 11.3. The zero-order chi connectivity index (χ0) is 15.4. The van der Waals surface area contributed by atoms with Crippen molar-refractivity contribution in [2.24, 2.45) is 0 Å². The second-order valence-corrected chi connectivity index (χ2v) is 6.97. The van der Waals surface area contributed by atoms with Crippen molar-refractivity contribution in [3.8, 4) is 5.69 Å². The van der Waals surface area contributed by atoms with E-state index in [0.717, 1.165) is 5.69 Å². The molecule has 3 aromatic rings. The Bertz CT molecular complexity index is 763. The molecule has 0 bridgehead atoms. The summed E-state index contributed by atoms with van der Waals surface area (Å²) in [5.41, 5.74) is 1.50. The van der Waals surface area contributed by atoms with E-state index in [4.69, 9.17) is 0 Å². The number of aromatic nitrogens is 4. The Morgan fingerprint density at radius 2 is 1.68 bits per heavy atom. The molecule has 0 fully saturated rings. The number of hydrogen-bond donors (Lipinski definition) is 0. The van der Waals surface area contributed by atoms with Gasteiger partial charge in [0.15, 0.2) is 5.78 Å². The van der Waals surface area contributed by atoms with Crippen molar-refractivity contribution in [1.82, 2.24) is 20.2 Å². The monoisotopic (exact) mass is 374 g/mol. The highest BCUT2D eigenvalue weighted by Crippen LogP contribution is 2.29. The molecule has 1 atom stereocenters. The third-order valence-corrected chi connectivity index (χ3v) is 4.78. The highest BCUT2D eigenvalue weighted by atomic mass is 79.9. The maximum Gasteiger partial charge on any atom is 0.215 e. The summed E-state index contributed by atoms with van der Waals surface area (Å²) in [6, 6.07) is 18.7. The van der Waals surface area contributed by atoms with Crippen molar-refractivity contribution in [2.45, 2.75) is 9.32 Å². The van der Waals surface area contributed by atoms with Crippen LogP contribution in [0.1, 0.15) is 10.4 Å². The Hall–Kier alpha value is -1.99. The van der Waals surface area contributed by atoms with Gasteiger partial charge in [0.1, 0.15) is 4.16 Å². The molecule has 1 heterocycles. The molecule has 5 nitrogen and oxygen atoms in total. The van der Waals surface area contributed by atoms with Gasteiger partial charge < -0.3 is 0 Å². The highest BCUT2D eigenvalue weighted by Gasteiger charge is 2.21. The maximum absolute atomic E-state index is 12.4. The zero-order valence-corrected chi connectivity index (χ0v) is 13.7. The molecule has 0 aliphatic carbocycles. The van der Waals surface area contributed by atoms with Crippen LogP contribution in [0.4, 0.5) is 0 Å². The standard InChI is InChI=1S/C15H11BrN4OS/c16-14(13(21)11-7-3-1-4-8-11)22-15-17-18-19-20(15)12-9-5-2-6-10-12/h1-10,14H. The first-order valence-electron chi connectivity index (χ1n) is 6.49. The lowest BCUT2D eigenvalue weighted by Crippen LogP contribution is -2.11. The Morgan fingerprint density at radius 1 is 1.05 bits per heavy atom. The number of para-hydroxylation sites is 1. The molecular weight excluding hydrogens is 364 g/mol. The van der Waals surface area contributed by atoms with Crippen LogP contribution in [0.3, 0.4) is 0 Å². The summed E-state index contributed by atoms with van der Waals surface area (Å²) in [6.45, 7) is 0. The molecule has 1 aromatic heterocycles. The van der Waals surface area contributed by atoms with E-state index in [1.54, 1.807) is 16.8 Å². The summed E-state index contributed by atoms with van der Waals surface area (Å²) in [5, 5.41) is 12.2. The lowest BCUT2D eigenvalue weighted by atomic mass is 10.2. The number of alkyl halides is 1. The SMILES string of the molecule is O=C(c1ccccc1)C(Br)Sc1nnnn1-c1ccccc1. The van der Waals surface area contributed by atoms with Gasteiger partial charge in [-0.15, -0.1) is 5.10 Å². The van der Waals surface area contributed by atoms with E-state index in [0.29, 0.717) is 10.7 Å². The van der Waals surface area contributed by atoms with Crippen molar-refractivity contribution in [3.63, 3.8) is 0 Å². The molecule has 7 heteroatoms. The number of carbonyl (C=O) groups is 1. The van der Waals surface area contributed by atoms with Crippen LogP contribution >= 0.6 is 27.7 Å². The second-order valence-electron chi connectivity index (χ2n) is 4.37. The number of benzene rings is 2. The topological polar surface area (TPSA) is 60.7 Å². The maximum atomic E-state index is 12.4. The average molecular weight is 375 g/mol. The number of hydrogen-bond acceptors (Lipinski definition) is 5. The summed E-state index contributed by atoms with van der Waals surface area (Å²) in [5.74, 6) is -0.0202. The summed E-state index contributed by atoms with van der Waals surface area (Å²) in [6.07, 6.45) is 0. The number of rotatable bonds is 5. The minimum atomic E-state index is -0.455. The summed E-state index contributed by atoms with van der Waals surface area (Å²) >= 11 is 4.68. The van der Waals surface area contributed by atoms with Crippen LogP contribution in [-0.2, 0) is 0 Å². The van der Waals surface area contributed by atoms with Gasteiger partial charge in [-0.25, -0.2) is 0 Å². The van der Waals surface area contributed by atoms with Gasteiger partial charge >= 0.3 is 0 Å². The van der Waals surface area contributed by atoms with Gasteiger partial charge in [0.25, 0.3) is 0 Å². The number of halogens is 1. The van der Waals surface area contributed by atoms with Crippen molar-refractivity contribution in [3.05, 3.63) is 66.2 Å². The lowest BCUT2D eigenvalue weighted by Gasteiger charge is -2.08. The molecule has 0 radical (unpaired) electrons. The smallest absolute Gasteiger partial charge is 0.215 e. The lowest BCUT2D eigenvalue weighted by molar-refractivity contribution is 0.101. The van der Waals surface area contributed by atoms with Gasteiger partial charge in [0.05, 0.1) is 5.69 Å². The number of tetrazole rings is 1. The van der Waals surface area contributed by atoms with E-state index >= 15 is 0 Å². The largest absolute Gasteiger partial charge is 0.292 e. The van der Waals surface area contributed by atoms with Crippen LogP contribution in [0.25, 0.3) is 5.69 Å². The van der Waals surface area contributed by atoms with Gasteiger partial charge in [-0.2, -0.15) is 4.68 Å². The van der Waals surface area contributed by atoms with Crippen molar-refractivity contribution in [2.75, 3.05) is 0 Å². The number of nitrogens with zero attached hydrogens (tertiary/aromatic N) is 4. The Labute approximate surface area is 139 Å². The summed E-state index contributed by atoms with van der Waals surface area (Å²) in [4.78, 5) is 12.4. The summed E-state index contributed by atoms with van der Waals surface area (Å²) < 4.78 is 1.15. The van der Waals surface area contributed by atoms with Crippen molar-refractivity contribution >= 4 is 33.5 Å². The minimum absolute atomic E-state index is 0.0202. The van der Waals surface area contributed by atoms with Crippen LogP contribution in [0.2, 0.25) is 0 Å². The molecule has 2 aromatic carbocycles. The third-order valence-electron chi connectivity index (χ3n) is 2.91. The number of thioether (sulfide) groups is 1. The molecule has 0 spiro atoms. The first-order chi connectivity index (χ1) is 10.8. The van der Waals surface area contributed by atoms with Crippen molar-refractivity contribution in [1.29, 1.82) is 0 Å². The van der Waals surface area contributed by atoms with Crippen LogP contribution in [0, 0.1) is 0 Å². The van der Waals surface area contributed by atoms with Crippen LogP contribution in [-0.4, -0.2) is 30.1 Å². The van der Waals surface area contributed by atoms with Crippen LogP contribution in [0.5, 0.6) is 0 Å². The number of carbonyl (C=O) groups excluding carboxylic acids is 1. The normalized spacial score (nSPS) is 12.0. The van der Waals surface area contributed by atoms with E-state index in [-0.39, 0.29) is 5.78 Å². The van der Waals surface area contributed by atoms with Gasteiger partial charge in [0.2, 0.25) is 5.16 Å². The van der Waals surface area contributed by atoms with Crippen LogP contribution < -0.4 is 0 Å². The van der Waals surface area contributed by atoms with E-state index < -0.39 is 4.16 Å². The first kappa shape index (κ1) is 14.9. The fourth-order valence-electron chi connectivity index (χ4n) is 1.86. The molecule has 0 aliphatic rings. The molecule has 3 rings (SSSR count). The Balaban J connectivity index is 1.80. The van der Waals surface area contributed by atoms with Crippen LogP contribution in [0.15, 0.2) is 65.8 Å². The van der Waals surface area contributed by atoms with Gasteiger partial charge in [-0.05, 0) is 22.6 Å². The number of Topliss-reactive ketones (excluding diaryl/α,β-unsaturated/α-hetero) is 1. The molecular formula is C15H11BrN4OS. The summed E-state index contributed by atoms with van der Waals surface area (Å²) in [7, 11) is 0. The number of ketones is 1. The quantitative estimate of drug-likeness (QED) is 0.389. The molecule has 0 aliphatic heterocycles. The molecule has 110 valence electrons. The van der Waals surface area contributed by atoms with Gasteiger partial charge in [-0.3, -0.25) is 4.79 Å². The van der Waals surface area contributed by atoms with E-state index in [9.17, 15) is 4.79 Å². The first-order valence-corrected chi connectivity index (χ1v) is 8.29. The molecule has 0 amide bonds. The Kier molecular flexibility index (Phi) is 4.65. The van der Waals surface area contributed by atoms with Gasteiger partial charge in [0, 0.05) is 5.56 Å². The average Bonchev–Trinajstić information content (AvgIpc) is 3.04. The Morgan fingerprint density at radius 3 is 2.36 bits per heavy atom. The fraction of sp³-hybridized carbons (Fsp3) is 0.0667. The van der Waals surface area contributed by atoms with E-state index in [1.165, 1.54) is 11.8 Å². The minimum Gasteiger partial charge on any atom is -0.292 e. The predicted molar refractivity (Wildman–Crippen MR) is 88.5 cm³/mol. The molecule has 22 heavy (non-hydrogen) atoms. The predicted octanol–water partition coefficient (Wildman–Crippen LogP) is 3.36. The fourth-order valence-corrected chi connectivity index (χ4v) is 3.38.